The van der Waals surface area contributed by atoms with Crippen LogP contribution in [-0.2, 0) is 19.1 Å². The van der Waals surface area contributed by atoms with Crippen molar-refractivity contribution in [2.45, 2.75) is 18.9 Å². The lowest BCUT2D eigenvalue weighted by Crippen LogP contribution is -2.41. The maximum Gasteiger partial charge on any atom is 0.414 e. The molecule has 3 amide bonds. The molecule has 2 aliphatic heterocycles. The molecule has 1 aromatic rings. The highest BCUT2D eigenvalue weighted by Crippen LogP contribution is 2.75. The topological polar surface area (TPSA) is 88.2 Å². The standard InChI is InChI=1S/C19H21N3O5/c23-16-11-26-6-5-21(16)13-1-3-14(4-2-13)22-10-15(27-18(22)25)9-20-17(24)19-7-12(19)8-19/h1-4,12,15H,5-11H2,(H,20,24)/t12?,15-,19?/m0/s1. The fourth-order valence-corrected chi connectivity index (χ4v) is 3.90. The molecule has 2 saturated heterocycles. The highest BCUT2D eigenvalue weighted by molar-refractivity contribution is 5.95. The van der Waals surface area contributed by atoms with Gasteiger partial charge in [0.05, 0.1) is 25.1 Å². The number of nitrogens with one attached hydrogen (secondary N) is 1. The van der Waals surface area contributed by atoms with Crippen LogP contribution in [-0.4, -0.2) is 56.9 Å². The van der Waals surface area contributed by atoms with Gasteiger partial charge in [0.2, 0.25) is 5.91 Å². The molecule has 8 heteroatoms. The first kappa shape index (κ1) is 16.6. The molecule has 27 heavy (non-hydrogen) atoms. The number of benzene rings is 1. The fourth-order valence-electron chi connectivity index (χ4n) is 3.90. The van der Waals surface area contributed by atoms with E-state index < -0.39 is 6.09 Å². The number of carbonyl (C=O) groups excluding carboxylic acids is 3. The normalized spacial score (nSPS) is 31.4. The van der Waals surface area contributed by atoms with Crippen LogP contribution < -0.4 is 15.1 Å². The number of fused-ring (bicyclic) bond motifs is 1. The Kier molecular flexibility index (Phi) is 3.65. The van der Waals surface area contributed by atoms with E-state index in [1.54, 1.807) is 21.9 Å². The number of amides is 3. The van der Waals surface area contributed by atoms with E-state index in [-0.39, 0.29) is 29.9 Å². The monoisotopic (exact) mass is 371 g/mol. The average Bonchev–Trinajstić information content (AvgIpc) is 3.51. The van der Waals surface area contributed by atoms with Gasteiger partial charge in [0, 0.05) is 17.9 Å². The summed E-state index contributed by atoms with van der Waals surface area (Å²) in [6, 6.07) is 7.25. The fraction of sp³-hybridized carbons (Fsp3) is 0.526. The Labute approximate surface area is 156 Å². The Bertz CT molecular complexity index is 802. The molecule has 2 aliphatic carbocycles. The summed E-state index contributed by atoms with van der Waals surface area (Å²) in [5, 5.41) is 2.92. The molecule has 0 unspecified atom stereocenters. The lowest BCUT2D eigenvalue weighted by molar-refractivity contribution is -0.126. The van der Waals surface area contributed by atoms with Crippen LogP contribution in [0.1, 0.15) is 12.8 Å². The maximum atomic E-state index is 12.2. The van der Waals surface area contributed by atoms with E-state index in [1.165, 1.54) is 0 Å². The number of rotatable bonds is 5. The first-order valence-corrected chi connectivity index (χ1v) is 9.31. The van der Waals surface area contributed by atoms with E-state index in [0.717, 1.165) is 18.5 Å². The van der Waals surface area contributed by atoms with Crippen molar-refractivity contribution in [1.82, 2.24) is 5.32 Å². The van der Waals surface area contributed by atoms with E-state index in [1.807, 2.05) is 12.1 Å². The van der Waals surface area contributed by atoms with Gasteiger partial charge in [0.25, 0.3) is 5.91 Å². The number of morpholine rings is 1. The molecule has 0 spiro atoms. The zero-order chi connectivity index (χ0) is 18.6. The van der Waals surface area contributed by atoms with Crippen LogP contribution in [0.2, 0.25) is 0 Å². The van der Waals surface area contributed by atoms with Gasteiger partial charge in [-0.3, -0.25) is 14.5 Å². The highest BCUT2D eigenvalue weighted by atomic mass is 16.6. The molecule has 0 radical (unpaired) electrons. The molecule has 4 fully saturated rings. The molecule has 5 rings (SSSR count). The number of nitrogens with zero attached hydrogens (tertiary/aromatic N) is 2. The van der Waals surface area contributed by atoms with Crippen molar-refractivity contribution in [2.24, 2.45) is 11.3 Å². The van der Waals surface area contributed by atoms with Crippen molar-refractivity contribution in [1.29, 1.82) is 0 Å². The SMILES string of the molecule is O=C1COCCN1c1ccc(N2C[C@H](CNC(=O)C34CC3C4)OC2=O)cc1. The van der Waals surface area contributed by atoms with Crippen LogP contribution in [0.4, 0.5) is 16.2 Å². The second-order valence-electron chi connectivity index (χ2n) is 7.70. The Balaban J connectivity index is 1.20. The van der Waals surface area contributed by atoms with Crippen LogP contribution in [0.3, 0.4) is 0 Å². The summed E-state index contributed by atoms with van der Waals surface area (Å²) < 4.78 is 10.5. The molecular weight excluding hydrogens is 350 g/mol. The van der Waals surface area contributed by atoms with Gasteiger partial charge in [-0.1, -0.05) is 0 Å². The number of anilines is 2. The van der Waals surface area contributed by atoms with Gasteiger partial charge in [-0.15, -0.1) is 0 Å². The molecule has 2 saturated carbocycles. The van der Waals surface area contributed by atoms with E-state index in [2.05, 4.69) is 5.32 Å². The highest BCUT2D eigenvalue weighted by Gasteiger charge is 2.74. The van der Waals surface area contributed by atoms with E-state index in [9.17, 15) is 14.4 Å². The number of ether oxygens (including phenoxy) is 2. The predicted octanol–water partition coefficient (Wildman–Crippen LogP) is 0.901. The summed E-state index contributed by atoms with van der Waals surface area (Å²) in [4.78, 5) is 39.4. The van der Waals surface area contributed by atoms with Crippen LogP contribution in [0.5, 0.6) is 0 Å². The quantitative estimate of drug-likeness (QED) is 0.831. The molecule has 1 atom stereocenters. The van der Waals surface area contributed by atoms with Crippen molar-refractivity contribution >= 4 is 29.3 Å². The summed E-state index contributed by atoms with van der Waals surface area (Å²) in [5.41, 5.74) is 1.42. The molecule has 8 nitrogen and oxygen atoms in total. The number of carbonyl (C=O) groups is 3. The lowest BCUT2D eigenvalue weighted by Gasteiger charge is -2.27. The molecule has 0 bridgehead atoms. The third kappa shape index (κ3) is 2.84. The minimum absolute atomic E-state index is 0.0709. The lowest BCUT2D eigenvalue weighted by atomic mass is 10.2. The summed E-state index contributed by atoms with van der Waals surface area (Å²) in [5.74, 6) is 0.622. The Hall–Kier alpha value is -2.61. The second kappa shape index (κ2) is 5.95. The molecule has 2 heterocycles. The van der Waals surface area contributed by atoms with Gasteiger partial charge in [0.15, 0.2) is 0 Å². The van der Waals surface area contributed by atoms with Gasteiger partial charge < -0.3 is 19.7 Å². The molecule has 1 N–H and O–H groups in total. The maximum absolute atomic E-state index is 12.2. The summed E-state index contributed by atoms with van der Waals surface area (Å²) in [6.07, 6.45) is 1.24. The van der Waals surface area contributed by atoms with Gasteiger partial charge in [-0.2, -0.15) is 0 Å². The van der Waals surface area contributed by atoms with Crippen molar-refractivity contribution in [3.05, 3.63) is 24.3 Å². The van der Waals surface area contributed by atoms with Crippen LogP contribution >= 0.6 is 0 Å². The van der Waals surface area contributed by atoms with Crippen molar-refractivity contribution in [3.8, 4) is 0 Å². The number of cyclic esters (lactones) is 1. The Morgan fingerprint density at radius 3 is 2.44 bits per heavy atom. The summed E-state index contributed by atoms with van der Waals surface area (Å²) in [6.45, 7) is 1.87. The van der Waals surface area contributed by atoms with E-state index in [0.29, 0.717) is 37.8 Å². The summed E-state index contributed by atoms with van der Waals surface area (Å²) in [7, 11) is 0. The van der Waals surface area contributed by atoms with Crippen molar-refractivity contribution in [2.75, 3.05) is 42.6 Å². The minimum atomic E-state index is -0.418. The largest absolute Gasteiger partial charge is 0.442 e. The first-order chi connectivity index (χ1) is 13.1. The molecular formula is C19H21N3O5. The van der Waals surface area contributed by atoms with Crippen LogP contribution in [0.25, 0.3) is 0 Å². The average molecular weight is 371 g/mol. The molecule has 142 valence electrons. The Morgan fingerprint density at radius 1 is 1.15 bits per heavy atom. The second-order valence-corrected chi connectivity index (χ2v) is 7.70. The van der Waals surface area contributed by atoms with E-state index >= 15 is 0 Å². The number of hydrogen-bond donors (Lipinski definition) is 1. The zero-order valence-electron chi connectivity index (χ0n) is 14.8. The predicted molar refractivity (Wildman–Crippen MR) is 95.4 cm³/mol. The Morgan fingerprint density at radius 2 is 1.81 bits per heavy atom. The third-order valence-corrected chi connectivity index (χ3v) is 5.96. The zero-order valence-corrected chi connectivity index (χ0v) is 14.8. The smallest absolute Gasteiger partial charge is 0.414 e. The van der Waals surface area contributed by atoms with Gasteiger partial charge in [-0.25, -0.2) is 4.79 Å². The van der Waals surface area contributed by atoms with Crippen LogP contribution in [0, 0.1) is 11.3 Å². The first-order valence-electron chi connectivity index (χ1n) is 9.31. The van der Waals surface area contributed by atoms with Crippen molar-refractivity contribution < 1.29 is 23.9 Å². The third-order valence-electron chi connectivity index (χ3n) is 5.96. The molecule has 4 aliphatic rings. The van der Waals surface area contributed by atoms with Gasteiger partial charge in [0.1, 0.15) is 12.7 Å². The number of hydrogen-bond acceptors (Lipinski definition) is 5. The van der Waals surface area contributed by atoms with Crippen molar-refractivity contribution in [3.63, 3.8) is 0 Å². The molecule has 1 aromatic carbocycles. The minimum Gasteiger partial charge on any atom is -0.442 e. The van der Waals surface area contributed by atoms with E-state index in [4.69, 9.17) is 9.47 Å². The van der Waals surface area contributed by atoms with Crippen LogP contribution in [0.15, 0.2) is 24.3 Å². The summed E-state index contributed by atoms with van der Waals surface area (Å²) >= 11 is 0. The van der Waals surface area contributed by atoms with Gasteiger partial charge >= 0.3 is 6.09 Å². The molecule has 0 aromatic heterocycles. The van der Waals surface area contributed by atoms with Gasteiger partial charge in [-0.05, 0) is 43.0 Å².